The number of pyridine rings is 1. The molecule has 7 aromatic rings. The molecule has 0 saturated carbocycles. The summed E-state index contributed by atoms with van der Waals surface area (Å²) in [5.41, 5.74) is 5.27. The number of aryl methyl sites for hydroxylation is 5. The molecule has 0 aliphatic carbocycles. The van der Waals surface area contributed by atoms with Crippen molar-refractivity contribution in [3.05, 3.63) is 143 Å². The Labute approximate surface area is 271 Å². The van der Waals surface area contributed by atoms with E-state index in [9.17, 15) is 0 Å². The lowest BCUT2D eigenvalue weighted by atomic mass is 9.88. The van der Waals surface area contributed by atoms with Crippen LogP contribution >= 0.6 is 0 Å². The molecular formula is C41H33N2O+. The molecular weight excluding hydrogens is 536 g/mol. The van der Waals surface area contributed by atoms with E-state index in [-0.39, 0.29) is 27.8 Å². The first-order valence-electron chi connectivity index (χ1n) is 18.7. The van der Waals surface area contributed by atoms with Crippen molar-refractivity contribution in [1.29, 1.82) is 0 Å². The van der Waals surface area contributed by atoms with Crippen LogP contribution in [0.3, 0.4) is 0 Å². The van der Waals surface area contributed by atoms with Gasteiger partial charge in [-0.25, -0.2) is 9.41 Å². The Morgan fingerprint density at radius 2 is 1.32 bits per heavy atom. The highest BCUT2D eigenvalue weighted by Crippen LogP contribution is 2.40. The van der Waals surface area contributed by atoms with Crippen LogP contribution < -0.4 is 4.57 Å². The van der Waals surface area contributed by atoms with Crippen LogP contribution in [0.4, 0.5) is 5.69 Å². The minimum Gasteiger partial charge on any atom is -0.456 e. The van der Waals surface area contributed by atoms with Gasteiger partial charge in [0.05, 0.1) is 12.1 Å². The summed E-state index contributed by atoms with van der Waals surface area (Å²) in [5, 5.41) is 1.56. The lowest BCUT2D eigenvalue weighted by molar-refractivity contribution is -0.660. The molecule has 0 unspecified atom stereocenters. The third-order valence-corrected chi connectivity index (χ3v) is 8.23. The highest BCUT2D eigenvalue weighted by Gasteiger charge is 2.24. The van der Waals surface area contributed by atoms with Crippen LogP contribution in [0.5, 0.6) is 0 Å². The molecule has 0 radical (unpaired) electrons. The van der Waals surface area contributed by atoms with Gasteiger partial charge in [-0.15, -0.1) is 0 Å². The van der Waals surface area contributed by atoms with Gasteiger partial charge in [0.1, 0.15) is 18.2 Å². The summed E-state index contributed by atoms with van der Waals surface area (Å²) in [5.74, 6) is 0. The van der Waals surface area contributed by atoms with E-state index in [1.54, 1.807) is 29.8 Å². The Morgan fingerprint density at radius 3 is 2.00 bits per heavy atom. The SMILES string of the molecule is [2H]C([2H])([2H])c1c[n+](C)c(-c2c(C)ccc3c2oc2cc([N+]#[C-])ccc23)cc1-c1c(C([2H])([2H])[2H])cc(-c2ccc(-c3ccccc3)cc2)cc1C([2H])([2H])[2H]. The van der Waals surface area contributed by atoms with Crippen LogP contribution in [0.25, 0.3) is 71.4 Å². The Balaban J connectivity index is 1.52. The second-order valence-electron chi connectivity index (χ2n) is 11.0. The summed E-state index contributed by atoms with van der Waals surface area (Å²) in [6.07, 6.45) is 1.42. The number of hydrogen-bond donors (Lipinski definition) is 0. The second kappa shape index (κ2) is 10.7. The van der Waals surface area contributed by atoms with Gasteiger partial charge in [-0.05, 0) is 83.6 Å². The van der Waals surface area contributed by atoms with E-state index in [2.05, 4.69) is 4.85 Å². The number of rotatable bonds is 4. The van der Waals surface area contributed by atoms with Crippen molar-refractivity contribution in [1.82, 2.24) is 0 Å². The molecule has 0 bridgehead atoms. The maximum Gasteiger partial charge on any atom is 0.216 e. The van der Waals surface area contributed by atoms with Gasteiger partial charge in [-0.1, -0.05) is 91.0 Å². The zero-order chi connectivity index (χ0) is 38.0. The van der Waals surface area contributed by atoms with Gasteiger partial charge in [0.25, 0.3) is 0 Å². The number of nitrogens with zero attached hydrogens (tertiary/aromatic N) is 2. The molecule has 212 valence electrons. The Hall–Kier alpha value is -5.46. The monoisotopic (exact) mass is 578 g/mol. The van der Waals surface area contributed by atoms with Gasteiger partial charge in [-0.3, -0.25) is 0 Å². The molecule has 3 nitrogen and oxygen atoms in total. The Kier molecular flexibility index (Phi) is 4.59. The van der Waals surface area contributed by atoms with E-state index in [0.717, 1.165) is 27.5 Å². The van der Waals surface area contributed by atoms with Crippen LogP contribution in [0, 0.1) is 34.1 Å². The summed E-state index contributed by atoms with van der Waals surface area (Å²) in [6.45, 7) is 0.933. The van der Waals surface area contributed by atoms with E-state index in [1.165, 1.54) is 18.3 Å². The van der Waals surface area contributed by atoms with Crippen molar-refractivity contribution in [3.8, 4) is 44.6 Å². The van der Waals surface area contributed by atoms with E-state index in [4.69, 9.17) is 23.3 Å². The quantitative estimate of drug-likeness (QED) is 0.150. The van der Waals surface area contributed by atoms with Crippen molar-refractivity contribution in [3.63, 3.8) is 0 Å². The zero-order valence-electron chi connectivity index (χ0n) is 33.2. The van der Waals surface area contributed by atoms with E-state index in [0.29, 0.717) is 39.2 Å². The van der Waals surface area contributed by atoms with Crippen molar-refractivity contribution in [2.45, 2.75) is 27.5 Å². The molecule has 0 spiro atoms. The number of fused-ring (bicyclic) bond motifs is 3. The molecule has 0 amide bonds. The number of hydrogen-bond acceptors (Lipinski definition) is 1. The average molecular weight is 579 g/mol. The highest BCUT2D eigenvalue weighted by molar-refractivity contribution is 6.10. The minimum atomic E-state index is -2.82. The molecule has 3 heteroatoms. The summed E-state index contributed by atoms with van der Waals surface area (Å²) >= 11 is 0. The maximum absolute atomic E-state index is 8.66. The van der Waals surface area contributed by atoms with Crippen molar-refractivity contribution in [2.24, 2.45) is 7.05 Å². The summed E-state index contributed by atoms with van der Waals surface area (Å²) in [7, 11) is 1.68. The molecule has 7 rings (SSSR count). The number of aromatic nitrogens is 1. The van der Waals surface area contributed by atoms with E-state index < -0.39 is 20.6 Å². The fraction of sp³-hybridized carbons (Fsp3) is 0.122. The second-order valence-corrected chi connectivity index (χ2v) is 11.0. The van der Waals surface area contributed by atoms with E-state index in [1.807, 2.05) is 79.7 Å². The largest absolute Gasteiger partial charge is 0.456 e. The summed E-state index contributed by atoms with van der Waals surface area (Å²) in [6, 6.07) is 30.6. The maximum atomic E-state index is 8.66. The molecule has 2 heterocycles. The molecule has 0 atom stereocenters. The van der Waals surface area contributed by atoms with Crippen molar-refractivity contribution >= 4 is 27.6 Å². The van der Waals surface area contributed by atoms with Gasteiger partial charge in [0, 0.05) is 34.7 Å². The molecule has 0 fully saturated rings. The molecule has 2 aromatic heterocycles. The summed E-state index contributed by atoms with van der Waals surface area (Å²) in [4.78, 5) is 3.52. The zero-order valence-corrected chi connectivity index (χ0v) is 24.2. The van der Waals surface area contributed by atoms with Gasteiger partial charge in [-0.2, -0.15) is 0 Å². The van der Waals surface area contributed by atoms with Crippen LogP contribution in [0.15, 0.2) is 114 Å². The number of benzene rings is 5. The van der Waals surface area contributed by atoms with Crippen LogP contribution in [0.1, 0.15) is 34.6 Å². The van der Waals surface area contributed by atoms with Gasteiger partial charge in [0.2, 0.25) is 5.69 Å². The third kappa shape index (κ3) is 4.57. The molecule has 0 N–H and O–H groups in total. The molecule has 0 aliphatic rings. The normalized spacial score (nSPS) is 15.2. The first-order chi connectivity index (χ1) is 25.0. The Morgan fingerprint density at radius 1 is 0.659 bits per heavy atom. The van der Waals surface area contributed by atoms with E-state index >= 15 is 0 Å². The summed E-state index contributed by atoms with van der Waals surface area (Å²) < 4.78 is 85.6. The first kappa shape index (κ1) is 18.9. The van der Waals surface area contributed by atoms with Crippen LogP contribution in [-0.4, -0.2) is 0 Å². The fourth-order valence-electron chi connectivity index (χ4n) is 6.00. The topological polar surface area (TPSA) is 21.4 Å². The first-order valence-corrected chi connectivity index (χ1v) is 14.2. The molecule has 0 saturated heterocycles. The minimum absolute atomic E-state index is 0.0240. The standard InChI is InChI=1S/C41H33N2O/c1-25-12-18-35-34-19-17-33(42-5)22-38(34)44-41(35)40(25)37-23-36(28(4)24-43(37)6)39-26(2)20-32(21-27(39)3)31-15-13-30(14-16-31)29-10-8-7-9-11-29/h7-24H,1-4,6H3/q+1/i2D3,3D3,4D3. The predicted molar refractivity (Wildman–Crippen MR) is 182 cm³/mol. The Bertz CT molecular complexity index is 2560. The third-order valence-electron chi connectivity index (χ3n) is 8.23. The average Bonchev–Trinajstić information content (AvgIpc) is 3.48. The van der Waals surface area contributed by atoms with Gasteiger partial charge in [0.15, 0.2) is 11.9 Å². The molecule has 5 aromatic carbocycles. The fourth-order valence-corrected chi connectivity index (χ4v) is 6.00. The molecule has 44 heavy (non-hydrogen) atoms. The van der Waals surface area contributed by atoms with Crippen LogP contribution in [0.2, 0.25) is 0 Å². The predicted octanol–water partition coefficient (Wildman–Crippen LogP) is 10.9. The molecule has 0 aliphatic heterocycles. The lowest BCUT2D eigenvalue weighted by Crippen LogP contribution is -2.31. The van der Waals surface area contributed by atoms with Gasteiger partial charge >= 0.3 is 0 Å². The van der Waals surface area contributed by atoms with Gasteiger partial charge < -0.3 is 4.42 Å². The smallest absolute Gasteiger partial charge is 0.216 e. The highest BCUT2D eigenvalue weighted by atomic mass is 16.3. The van der Waals surface area contributed by atoms with Crippen LogP contribution in [-0.2, 0) is 7.05 Å². The lowest BCUT2D eigenvalue weighted by Gasteiger charge is -2.16. The van der Waals surface area contributed by atoms with Crippen molar-refractivity contribution < 1.29 is 21.3 Å². The van der Waals surface area contributed by atoms with Crippen molar-refractivity contribution in [2.75, 3.05) is 0 Å². The number of furan rings is 1.